The van der Waals surface area contributed by atoms with E-state index in [1.165, 1.54) is 50.5 Å². The van der Waals surface area contributed by atoms with E-state index in [2.05, 4.69) is 45.8 Å². The summed E-state index contributed by atoms with van der Waals surface area (Å²) >= 11 is 0. The molecule has 8 atom stereocenters. The molecule has 5 aliphatic rings. The Bertz CT molecular complexity index is 724. The van der Waals surface area contributed by atoms with E-state index in [0.717, 1.165) is 30.2 Å². The van der Waals surface area contributed by atoms with Crippen molar-refractivity contribution >= 4 is 5.78 Å². The first-order valence-corrected chi connectivity index (χ1v) is 11.5. The van der Waals surface area contributed by atoms with Crippen LogP contribution in [0.1, 0.15) is 79.1 Å². The Kier molecular flexibility index (Phi) is 3.61. The number of ketones is 1. The zero-order valence-corrected chi connectivity index (χ0v) is 18.4. The first kappa shape index (κ1) is 18.4. The van der Waals surface area contributed by atoms with Crippen molar-refractivity contribution in [1.29, 1.82) is 0 Å². The summed E-state index contributed by atoms with van der Waals surface area (Å²) in [5, 5.41) is 0. The molecule has 27 heavy (non-hydrogen) atoms. The number of carbonyl (C=O) groups is 1. The largest absolute Gasteiger partial charge is 0.306 e. The maximum atomic E-state index is 12.4. The Morgan fingerprint density at radius 2 is 1.81 bits per heavy atom. The molecule has 0 aromatic heterocycles. The van der Waals surface area contributed by atoms with E-state index in [4.69, 9.17) is 0 Å². The molecule has 0 radical (unpaired) electrons. The predicted octanol–water partition coefficient (Wildman–Crippen LogP) is 5.47. The number of hydrogen-bond donors (Lipinski definition) is 0. The van der Waals surface area contributed by atoms with Crippen molar-refractivity contribution in [3.8, 4) is 0 Å². The lowest BCUT2D eigenvalue weighted by Gasteiger charge is -2.61. The van der Waals surface area contributed by atoms with Gasteiger partial charge in [-0.25, -0.2) is 0 Å². The molecule has 0 heterocycles. The molecule has 2 spiro atoms. The van der Waals surface area contributed by atoms with Gasteiger partial charge in [-0.1, -0.05) is 26.8 Å². The molecule has 2 heteroatoms. The lowest BCUT2D eigenvalue weighted by Crippen LogP contribution is -2.56. The molecule has 0 saturated heterocycles. The predicted molar refractivity (Wildman–Crippen MR) is 110 cm³/mol. The number of carbonyl (C=O) groups excluding carboxylic acids is 1. The summed E-state index contributed by atoms with van der Waals surface area (Å²) in [7, 11) is 4.57. The fourth-order valence-electron chi connectivity index (χ4n) is 9.81. The van der Waals surface area contributed by atoms with Crippen LogP contribution in [0.5, 0.6) is 0 Å². The quantitative estimate of drug-likeness (QED) is 0.643. The third kappa shape index (κ3) is 1.90. The average molecular weight is 370 g/mol. The highest BCUT2D eigenvalue weighted by Gasteiger charge is 2.80. The Hall–Kier alpha value is -0.630. The summed E-state index contributed by atoms with van der Waals surface area (Å²) in [6.07, 6.45) is 13.3. The van der Waals surface area contributed by atoms with Gasteiger partial charge in [0, 0.05) is 11.5 Å². The van der Waals surface area contributed by atoms with Crippen LogP contribution in [0.4, 0.5) is 0 Å². The summed E-state index contributed by atoms with van der Waals surface area (Å²) in [6, 6.07) is 0.775. The van der Waals surface area contributed by atoms with E-state index in [-0.39, 0.29) is 5.41 Å². The molecule has 0 aromatic carbocycles. The fourth-order valence-corrected chi connectivity index (χ4v) is 9.81. The van der Waals surface area contributed by atoms with Gasteiger partial charge in [0.25, 0.3) is 0 Å². The van der Waals surface area contributed by atoms with E-state index in [0.29, 0.717) is 22.0 Å². The molecular formula is C25H39NO. The Morgan fingerprint density at radius 3 is 2.48 bits per heavy atom. The molecule has 0 unspecified atom stereocenters. The van der Waals surface area contributed by atoms with Crippen molar-refractivity contribution in [3.05, 3.63) is 11.6 Å². The molecule has 150 valence electrons. The van der Waals surface area contributed by atoms with Gasteiger partial charge in [0.05, 0.1) is 0 Å². The van der Waals surface area contributed by atoms with E-state index in [1.54, 1.807) is 6.92 Å². The number of allylic oxidation sites excluding steroid dienone is 2. The third-order valence-electron chi connectivity index (χ3n) is 11.2. The average Bonchev–Trinajstić information content (AvgIpc) is 3.16. The number of rotatable bonds is 2. The lowest BCUT2D eigenvalue weighted by atomic mass is 9.43. The number of hydrogen-bond acceptors (Lipinski definition) is 2. The van der Waals surface area contributed by atoms with E-state index in [9.17, 15) is 4.79 Å². The SMILES string of the molecule is CC(=O)C1=CC[C@@]2(C)[C@@H]3CC[C@H]4[C@H](C)[C@@H](N(C)C)CC[C@@]45C[C@@]35CC[C@]12C. The minimum Gasteiger partial charge on any atom is -0.306 e. The van der Waals surface area contributed by atoms with Gasteiger partial charge in [0.15, 0.2) is 5.78 Å². The second-order valence-corrected chi connectivity index (χ2v) is 11.8. The maximum absolute atomic E-state index is 12.4. The fraction of sp³-hybridized carbons (Fsp3) is 0.880. The number of nitrogens with zero attached hydrogens (tertiary/aromatic N) is 1. The number of fused-ring (bicyclic) bond motifs is 2. The first-order chi connectivity index (χ1) is 12.6. The summed E-state index contributed by atoms with van der Waals surface area (Å²) in [4.78, 5) is 14.9. The Balaban J connectivity index is 1.50. The van der Waals surface area contributed by atoms with Crippen LogP contribution in [0.15, 0.2) is 11.6 Å². The van der Waals surface area contributed by atoms with Crippen molar-refractivity contribution in [1.82, 2.24) is 4.90 Å². The molecule has 0 N–H and O–H groups in total. The third-order valence-corrected chi connectivity index (χ3v) is 11.2. The first-order valence-electron chi connectivity index (χ1n) is 11.5. The molecule has 2 nitrogen and oxygen atoms in total. The van der Waals surface area contributed by atoms with Crippen LogP contribution in [0, 0.1) is 39.4 Å². The molecular weight excluding hydrogens is 330 g/mol. The van der Waals surface area contributed by atoms with Crippen molar-refractivity contribution < 1.29 is 4.79 Å². The second-order valence-electron chi connectivity index (χ2n) is 11.8. The molecule has 4 fully saturated rings. The van der Waals surface area contributed by atoms with E-state index < -0.39 is 0 Å². The van der Waals surface area contributed by atoms with Crippen molar-refractivity contribution in [2.24, 2.45) is 39.4 Å². The van der Waals surface area contributed by atoms with E-state index in [1.807, 2.05) is 0 Å². The molecule has 5 rings (SSSR count). The van der Waals surface area contributed by atoms with Crippen LogP contribution in [0.25, 0.3) is 0 Å². The van der Waals surface area contributed by atoms with Crippen molar-refractivity contribution in [3.63, 3.8) is 0 Å². The maximum Gasteiger partial charge on any atom is 0.156 e. The smallest absolute Gasteiger partial charge is 0.156 e. The topological polar surface area (TPSA) is 20.3 Å². The van der Waals surface area contributed by atoms with Crippen LogP contribution < -0.4 is 0 Å². The highest BCUT2D eigenvalue weighted by molar-refractivity contribution is 5.95. The van der Waals surface area contributed by atoms with Gasteiger partial charge >= 0.3 is 0 Å². The normalized spacial score (nSPS) is 55.9. The molecule has 0 amide bonds. The van der Waals surface area contributed by atoms with Gasteiger partial charge in [0.1, 0.15) is 0 Å². The molecule has 0 aliphatic heterocycles. The standard InChI is InChI=1S/C25H39NO/c1-16-18-7-8-21-23(4)11-9-19(17(2)27)22(23,3)13-14-25(21)15-24(18,25)12-10-20(16)26(5)6/h9,16,18,20-21H,7-8,10-15H2,1-6H3/t16-,18-,20-,21-,22+,23-,24+,25-/m0/s1. The van der Waals surface area contributed by atoms with Gasteiger partial charge < -0.3 is 4.90 Å². The Morgan fingerprint density at radius 1 is 1.07 bits per heavy atom. The summed E-state index contributed by atoms with van der Waals surface area (Å²) < 4.78 is 0. The zero-order valence-electron chi connectivity index (χ0n) is 18.4. The van der Waals surface area contributed by atoms with Crippen LogP contribution in [-0.4, -0.2) is 30.8 Å². The van der Waals surface area contributed by atoms with E-state index >= 15 is 0 Å². The van der Waals surface area contributed by atoms with Crippen LogP contribution in [0.2, 0.25) is 0 Å². The lowest BCUT2D eigenvalue weighted by molar-refractivity contribution is -0.127. The molecule has 0 aromatic rings. The second kappa shape index (κ2) is 5.29. The number of Topliss-reactive ketones (excluding diaryl/α,β-unsaturated/α-hetero) is 1. The monoisotopic (exact) mass is 369 g/mol. The van der Waals surface area contributed by atoms with Gasteiger partial charge in [-0.15, -0.1) is 0 Å². The van der Waals surface area contributed by atoms with Gasteiger partial charge in [0.2, 0.25) is 0 Å². The van der Waals surface area contributed by atoms with Gasteiger partial charge in [-0.05, 0) is 112 Å². The molecule has 4 saturated carbocycles. The van der Waals surface area contributed by atoms with Crippen LogP contribution in [-0.2, 0) is 4.79 Å². The molecule has 5 aliphatic carbocycles. The summed E-state index contributed by atoms with van der Waals surface area (Å²) in [6.45, 7) is 9.36. The van der Waals surface area contributed by atoms with Crippen LogP contribution >= 0.6 is 0 Å². The zero-order chi connectivity index (χ0) is 19.4. The molecule has 0 bridgehead atoms. The minimum atomic E-state index is 0.123. The minimum absolute atomic E-state index is 0.123. The van der Waals surface area contributed by atoms with Gasteiger partial charge in [-0.2, -0.15) is 0 Å². The van der Waals surface area contributed by atoms with Crippen LogP contribution in [0.3, 0.4) is 0 Å². The summed E-state index contributed by atoms with van der Waals surface area (Å²) in [5.74, 6) is 2.93. The van der Waals surface area contributed by atoms with Crippen molar-refractivity contribution in [2.75, 3.05) is 14.1 Å². The Labute approximate surface area is 166 Å². The summed E-state index contributed by atoms with van der Waals surface area (Å²) in [5.41, 5.74) is 2.85. The highest BCUT2D eigenvalue weighted by atomic mass is 16.1. The van der Waals surface area contributed by atoms with Crippen molar-refractivity contribution in [2.45, 2.75) is 85.1 Å². The highest BCUT2D eigenvalue weighted by Crippen LogP contribution is 2.87. The van der Waals surface area contributed by atoms with Gasteiger partial charge in [-0.3, -0.25) is 4.79 Å².